The van der Waals surface area contributed by atoms with Gasteiger partial charge in [0.05, 0.1) is 11.5 Å². The molecule has 0 bridgehead atoms. The van der Waals surface area contributed by atoms with Gasteiger partial charge in [-0.3, -0.25) is 9.59 Å². The summed E-state index contributed by atoms with van der Waals surface area (Å²) in [5.74, 6) is 0.728. The number of ketones is 1. The first kappa shape index (κ1) is 15.5. The van der Waals surface area contributed by atoms with Crippen LogP contribution in [0.1, 0.15) is 58.3 Å². The van der Waals surface area contributed by atoms with Gasteiger partial charge in [-0.1, -0.05) is 12.5 Å². The van der Waals surface area contributed by atoms with E-state index in [0.717, 1.165) is 37.7 Å². The van der Waals surface area contributed by atoms with Crippen LogP contribution in [0.2, 0.25) is 0 Å². The van der Waals surface area contributed by atoms with E-state index in [0.29, 0.717) is 24.7 Å². The largest absolute Gasteiger partial charge is 0.393 e. The minimum atomic E-state index is -1.23. The van der Waals surface area contributed by atoms with E-state index in [-0.39, 0.29) is 29.6 Å². The molecule has 0 aliphatic heterocycles. The summed E-state index contributed by atoms with van der Waals surface area (Å²) in [5.41, 5.74) is -0.358. The zero-order valence-corrected chi connectivity index (χ0v) is 13.7. The van der Waals surface area contributed by atoms with Crippen LogP contribution >= 0.6 is 0 Å². The van der Waals surface area contributed by atoms with Crippen molar-refractivity contribution in [2.75, 3.05) is 0 Å². The van der Waals surface area contributed by atoms with E-state index in [1.165, 1.54) is 0 Å². The van der Waals surface area contributed by atoms with Crippen molar-refractivity contribution in [3.63, 3.8) is 0 Å². The van der Waals surface area contributed by atoms with Gasteiger partial charge < -0.3 is 5.11 Å². The third kappa shape index (κ3) is 1.90. The molecule has 4 aliphatic carbocycles. The monoisotopic (exact) mass is 320 g/mol. The Morgan fingerprint density at radius 3 is 2.70 bits per heavy atom. The van der Waals surface area contributed by atoms with Gasteiger partial charge in [0.25, 0.3) is 0 Å². The quantitative estimate of drug-likeness (QED) is 0.754. The summed E-state index contributed by atoms with van der Waals surface area (Å²) in [6.07, 6.45) is 6.95. The fourth-order valence-corrected chi connectivity index (χ4v) is 6.56. The maximum absolute atomic E-state index is 14.3. The molecule has 1 N–H and O–H groups in total. The van der Waals surface area contributed by atoms with Gasteiger partial charge in [-0.15, -0.1) is 0 Å². The van der Waals surface area contributed by atoms with Crippen LogP contribution in [0.25, 0.3) is 0 Å². The zero-order chi connectivity index (χ0) is 16.4. The lowest BCUT2D eigenvalue weighted by Gasteiger charge is -2.56. The summed E-state index contributed by atoms with van der Waals surface area (Å²) in [6.45, 7) is 2.17. The van der Waals surface area contributed by atoms with Crippen LogP contribution < -0.4 is 0 Å². The minimum Gasteiger partial charge on any atom is -0.393 e. The molecule has 0 saturated heterocycles. The lowest BCUT2D eigenvalue weighted by atomic mass is 9.47. The number of allylic oxidation sites excluding steroid dienone is 1. The van der Waals surface area contributed by atoms with Gasteiger partial charge in [0.1, 0.15) is 0 Å². The number of aliphatic hydroxyl groups excluding tert-OH is 1. The molecule has 0 heterocycles. The lowest BCUT2D eigenvalue weighted by molar-refractivity contribution is -0.152. The van der Waals surface area contributed by atoms with E-state index in [1.807, 2.05) is 0 Å². The Morgan fingerprint density at radius 1 is 1.17 bits per heavy atom. The van der Waals surface area contributed by atoms with Crippen LogP contribution in [0.3, 0.4) is 0 Å². The summed E-state index contributed by atoms with van der Waals surface area (Å²) in [4.78, 5) is 23.9. The van der Waals surface area contributed by atoms with Gasteiger partial charge in [-0.2, -0.15) is 4.39 Å². The Morgan fingerprint density at radius 2 is 1.96 bits per heavy atom. The third-order valence-electron chi connectivity index (χ3n) is 7.79. The molecule has 3 nitrogen and oxygen atoms in total. The van der Waals surface area contributed by atoms with Crippen LogP contribution in [-0.4, -0.2) is 23.0 Å². The maximum Gasteiger partial charge on any atom is 0.311 e. The van der Waals surface area contributed by atoms with Crippen molar-refractivity contribution in [2.24, 2.45) is 28.6 Å². The van der Waals surface area contributed by atoms with Crippen molar-refractivity contribution in [3.05, 3.63) is 11.6 Å². The SMILES string of the molecule is CC12CCC3C(CCC4=CC(=O)CCC43C(=O)F)C1CCC2O. The van der Waals surface area contributed by atoms with E-state index < -0.39 is 11.5 Å². The summed E-state index contributed by atoms with van der Waals surface area (Å²) in [5, 5.41) is 10.4. The average Bonchev–Trinajstić information content (AvgIpc) is 2.82. The van der Waals surface area contributed by atoms with Crippen LogP contribution in [0.4, 0.5) is 4.39 Å². The van der Waals surface area contributed by atoms with Gasteiger partial charge in [0.2, 0.25) is 0 Å². The van der Waals surface area contributed by atoms with Crippen molar-refractivity contribution >= 4 is 11.8 Å². The number of hydrogen-bond donors (Lipinski definition) is 1. The van der Waals surface area contributed by atoms with E-state index >= 15 is 0 Å². The molecule has 0 spiro atoms. The molecule has 0 aromatic carbocycles. The first-order valence-electron chi connectivity index (χ1n) is 9.01. The molecule has 0 aromatic heterocycles. The van der Waals surface area contributed by atoms with E-state index in [9.17, 15) is 19.1 Å². The fourth-order valence-electron chi connectivity index (χ4n) is 6.56. The van der Waals surface area contributed by atoms with Crippen LogP contribution in [0.15, 0.2) is 11.6 Å². The predicted octanol–water partition coefficient (Wildman–Crippen LogP) is 3.36. The summed E-state index contributed by atoms with van der Waals surface area (Å²) in [7, 11) is 0. The molecule has 0 aromatic rings. The molecule has 23 heavy (non-hydrogen) atoms. The first-order valence-corrected chi connectivity index (χ1v) is 9.01. The zero-order valence-electron chi connectivity index (χ0n) is 13.7. The van der Waals surface area contributed by atoms with Gasteiger partial charge in [-0.05, 0) is 74.2 Å². The Hall–Kier alpha value is -1.03. The van der Waals surface area contributed by atoms with Crippen molar-refractivity contribution in [1.29, 1.82) is 0 Å². The topological polar surface area (TPSA) is 54.4 Å². The van der Waals surface area contributed by atoms with Gasteiger partial charge in [0, 0.05) is 6.42 Å². The van der Waals surface area contributed by atoms with E-state index in [4.69, 9.17) is 0 Å². The Bertz CT molecular complexity index is 597. The molecule has 6 unspecified atom stereocenters. The maximum atomic E-state index is 14.3. The van der Waals surface area contributed by atoms with E-state index in [2.05, 4.69) is 6.92 Å². The molecular weight excluding hydrogens is 295 g/mol. The summed E-state index contributed by atoms with van der Waals surface area (Å²) in [6, 6.07) is -1.23. The summed E-state index contributed by atoms with van der Waals surface area (Å²) >= 11 is 0. The Kier molecular flexibility index (Phi) is 3.36. The lowest BCUT2D eigenvalue weighted by Crippen LogP contribution is -2.54. The highest BCUT2D eigenvalue weighted by atomic mass is 19.1. The van der Waals surface area contributed by atoms with E-state index in [1.54, 1.807) is 6.08 Å². The van der Waals surface area contributed by atoms with Gasteiger partial charge in [0.15, 0.2) is 5.78 Å². The second kappa shape index (κ2) is 4.98. The smallest absolute Gasteiger partial charge is 0.311 e. The third-order valence-corrected chi connectivity index (χ3v) is 7.79. The molecule has 126 valence electrons. The Balaban J connectivity index is 1.76. The number of fused-ring (bicyclic) bond motifs is 5. The van der Waals surface area contributed by atoms with Crippen molar-refractivity contribution in [1.82, 2.24) is 0 Å². The van der Waals surface area contributed by atoms with Crippen molar-refractivity contribution < 1.29 is 19.1 Å². The number of carbonyl (C=O) groups is 2. The molecule has 4 rings (SSSR count). The minimum absolute atomic E-state index is 0.0106. The van der Waals surface area contributed by atoms with Gasteiger partial charge in [-0.25, -0.2) is 0 Å². The standard InChI is InChI=1S/C19H25FO3/c1-18-8-7-15-13(14(18)4-5-16(18)22)3-2-11-10-12(21)6-9-19(11,15)17(20)23/h10,13-16,22H,2-9H2,1H3. The van der Waals surface area contributed by atoms with Gasteiger partial charge >= 0.3 is 6.04 Å². The molecule has 6 atom stereocenters. The van der Waals surface area contributed by atoms with Crippen molar-refractivity contribution in [3.8, 4) is 0 Å². The van der Waals surface area contributed by atoms with Crippen LogP contribution in [0, 0.1) is 28.6 Å². The number of hydrogen-bond acceptors (Lipinski definition) is 3. The molecular formula is C19H25FO3. The highest BCUT2D eigenvalue weighted by Gasteiger charge is 2.62. The van der Waals surface area contributed by atoms with Crippen LogP contribution in [0.5, 0.6) is 0 Å². The summed E-state index contributed by atoms with van der Waals surface area (Å²) < 4.78 is 14.3. The normalized spacial score (nSPS) is 49.0. The number of carbonyl (C=O) groups excluding carboxylic acids is 2. The molecule has 0 radical (unpaired) electrons. The highest BCUT2D eigenvalue weighted by Crippen LogP contribution is 2.65. The number of aliphatic hydroxyl groups is 1. The number of halogens is 1. The average molecular weight is 320 g/mol. The molecule has 3 saturated carbocycles. The second-order valence-corrected chi connectivity index (χ2v) is 8.43. The number of rotatable bonds is 1. The fraction of sp³-hybridized carbons (Fsp3) is 0.789. The predicted molar refractivity (Wildman–Crippen MR) is 83.2 cm³/mol. The first-order chi connectivity index (χ1) is 10.9. The molecule has 0 amide bonds. The molecule has 3 fully saturated rings. The molecule has 4 aliphatic rings. The highest BCUT2D eigenvalue weighted by molar-refractivity contribution is 5.95. The van der Waals surface area contributed by atoms with Crippen molar-refractivity contribution in [2.45, 2.75) is 64.4 Å². The molecule has 4 heteroatoms. The van der Waals surface area contributed by atoms with Crippen LogP contribution in [-0.2, 0) is 9.59 Å². The second-order valence-electron chi connectivity index (χ2n) is 8.43. The Labute approximate surface area is 136 Å².